The molecule has 0 saturated carbocycles. The first-order valence-corrected chi connectivity index (χ1v) is 8.82. The second kappa shape index (κ2) is 8.95. The minimum absolute atomic E-state index is 0.309. The maximum Gasteiger partial charge on any atom is 0.326 e. The number of hydrogen-bond acceptors (Lipinski definition) is 6. The number of aryl methyl sites for hydroxylation is 1. The van der Waals surface area contributed by atoms with E-state index in [1.54, 1.807) is 12.1 Å². The smallest absolute Gasteiger partial charge is 0.326 e. The SMILES string of the molecule is Cc1ccc(C(=O)NCC(=O)OC(C)C(=O)Nc2ccc(C(N)=O)cc2)s1. The number of carbonyl (C=O) groups excluding carboxylic acids is 4. The number of ether oxygens (including phenoxy) is 1. The Hall–Kier alpha value is -3.20. The number of rotatable bonds is 7. The lowest BCUT2D eigenvalue weighted by atomic mass is 10.2. The molecule has 1 atom stereocenters. The Morgan fingerprint density at radius 1 is 1.11 bits per heavy atom. The molecule has 9 heteroatoms. The fourth-order valence-electron chi connectivity index (χ4n) is 2.05. The lowest BCUT2D eigenvalue weighted by Crippen LogP contribution is -2.35. The lowest BCUT2D eigenvalue weighted by Gasteiger charge is -2.14. The van der Waals surface area contributed by atoms with Crippen LogP contribution < -0.4 is 16.4 Å². The van der Waals surface area contributed by atoms with E-state index in [2.05, 4.69) is 10.6 Å². The molecule has 1 aromatic carbocycles. The molecule has 4 N–H and O–H groups in total. The number of anilines is 1. The molecule has 2 rings (SSSR count). The zero-order valence-corrected chi connectivity index (χ0v) is 15.6. The highest BCUT2D eigenvalue weighted by atomic mass is 32.1. The van der Waals surface area contributed by atoms with Crippen LogP contribution in [0.25, 0.3) is 0 Å². The van der Waals surface area contributed by atoms with E-state index in [9.17, 15) is 19.2 Å². The normalized spacial score (nSPS) is 11.3. The summed E-state index contributed by atoms with van der Waals surface area (Å²) in [5, 5.41) is 5.00. The Kier molecular flexibility index (Phi) is 6.67. The summed E-state index contributed by atoms with van der Waals surface area (Å²) in [5.74, 6) is -2.23. The molecule has 0 aliphatic heterocycles. The van der Waals surface area contributed by atoms with Crippen LogP contribution >= 0.6 is 11.3 Å². The molecule has 0 aliphatic rings. The van der Waals surface area contributed by atoms with Gasteiger partial charge < -0.3 is 21.1 Å². The molecular weight excluding hydrogens is 370 g/mol. The molecule has 0 spiro atoms. The molecule has 0 radical (unpaired) electrons. The molecule has 1 aromatic heterocycles. The summed E-state index contributed by atoms with van der Waals surface area (Å²) in [6.07, 6.45) is -1.06. The van der Waals surface area contributed by atoms with Crippen molar-refractivity contribution in [2.24, 2.45) is 5.73 Å². The van der Waals surface area contributed by atoms with E-state index in [1.165, 1.54) is 42.5 Å². The van der Waals surface area contributed by atoms with Gasteiger partial charge in [0.2, 0.25) is 5.91 Å². The van der Waals surface area contributed by atoms with Crippen molar-refractivity contribution in [2.75, 3.05) is 11.9 Å². The van der Waals surface area contributed by atoms with Gasteiger partial charge in [-0.05, 0) is 50.2 Å². The van der Waals surface area contributed by atoms with Crippen LogP contribution in [-0.2, 0) is 14.3 Å². The minimum Gasteiger partial charge on any atom is -0.451 e. The Balaban J connectivity index is 1.80. The van der Waals surface area contributed by atoms with Crippen molar-refractivity contribution in [1.29, 1.82) is 0 Å². The summed E-state index contributed by atoms with van der Waals surface area (Å²) < 4.78 is 5.00. The van der Waals surface area contributed by atoms with E-state index in [0.717, 1.165) is 4.88 Å². The second-order valence-electron chi connectivity index (χ2n) is 5.66. The molecular formula is C18H19N3O5S. The van der Waals surface area contributed by atoms with Gasteiger partial charge in [0, 0.05) is 16.1 Å². The molecule has 0 saturated heterocycles. The van der Waals surface area contributed by atoms with Gasteiger partial charge in [-0.3, -0.25) is 19.2 Å². The Bertz CT molecular complexity index is 860. The molecule has 2 aromatic rings. The van der Waals surface area contributed by atoms with Crippen molar-refractivity contribution in [1.82, 2.24) is 5.32 Å². The summed E-state index contributed by atoms with van der Waals surface area (Å²) in [7, 11) is 0. The van der Waals surface area contributed by atoms with Crippen LogP contribution in [0.2, 0.25) is 0 Å². The zero-order chi connectivity index (χ0) is 20.0. The monoisotopic (exact) mass is 389 g/mol. The second-order valence-corrected chi connectivity index (χ2v) is 6.94. The average molecular weight is 389 g/mol. The van der Waals surface area contributed by atoms with E-state index >= 15 is 0 Å². The van der Waals surface area contributed by atoms with E-state index in [0.29, 0.717) is 16.1 Å². The number of nitrogens with one attached hydrogen (secondary N) is 2. The fraction of sp³-hybridized carbons (Fsp3) is 0.222. The van der Waals surface area contributed by atoms with Gasteiger partial charge in [-0.1, -0.05) is 0 Å². The van der Waals surface area contributed by atoms with Gasteiger partial charge in [0.05, 0.1) is 4.88 Å². The summed E-state index contributed by atoms with van der Waals surface area (Å²) >= 11 is 1.31. The number of carbonyl (C=O) groups is 4. The van der Waals surface area contributed by atoms with E-state index in [-0.39, 0.29) is 12.5 Å². The van der Waals surface area contributed by atoms with Gasteiger partial charge in [0.25, 0.3) is 11.8 Å². The molecule has 0 bridgehead atoms. The third kappa shape index (κ3) is 5.93. The average Bonchev–Trinajstić information content (AvgIpc) is 3.06. The quantitative estimate of drug-likeness (QED) is 0.618. The highest BCUT2D eigenvalue weighted by Gasteiger charge is 2.19. The summed E-state index contributed by atoms with van der Waals surface area (Å²) in [5.41, 5.74) is 5.88. The van der Waals surface area contributed by atoms with E-state index < -0.39 is 23.9 Å². The number of benzene rings is 1. The van der Waals surface area contributed by atoms with Crippen molar-refractivity contribution in [3.63, 3.8) is 0 Å². The lowest BCUT2D eigenvalue weighted by molar-refractivity contribution is -0.152. The van der Waals surface area contributed by atoms with Crippen LogP contribution in [0, 0.1) is 6.92 Å². The first kappa shape index (κ1) is 20.1. The number of esters is 1. The zero-order valence-electron chi connectivity index (χ0n) is 14.8. The number of amides is 3. The molecule has 0 aliphatic carbocycles. The first-order chi connectivity index (χ1) is 12.8. The maximum atomic E-state index is 12.1. The first-order valence-electron chi connectivity index (χ1n) is 8.01. The molecule has 1 heterocycles. The minimum atomic E-state index is -1.06. The van der Waals surface area contributed by atoms with Crippen molar-refractivity contribution in [3.05, 3.63) is 51.7 Å². The predicted molar refractivity (Wildman–Crippen MR) is 101 cm³/mol. The molecule has 27 heavy (non-hydrogen) atoms. The predicted octanol–water partition coefficient (Wildman–Crippen LogP) is 1.46. The molecule has 142 valence electrons. The van der Waals surface area contributed by atoms with Gasteiger partial charge in [-0.15, -0.1) is 11.3 Å². The fourth-order valence-corrected chi connectivity index (χ4v) is 2.83. The molecule has 3 amide bonds. The number of hydrogen-bond donors (Lipinski definition) is 3. The van der Waals surface area contributed by atoms with Crippen molar-refractivity contribution in [3.8, 4) is 0 Å². The van der Waals surface area contributed by atoms with Crippen LogP contribution in [0.1, 0.15) is 31.8 Å². The Morgan fingerprint density at radius 2 is 1.78 bits per heavy atom. The van der Waals surface area contributed by atoms with Crippen molar-refractivity contribution < 1.29 is 23.9 Å². The number of thiophene rings is 1. The molecule has 8 nitrogen and oxygen atoms in total. The van der Waals surface area contributed by atoms with Gasteiger partial charge in [0.15, 0.2) is 6.10 Å². The summed E-state index contributed by atoms with van der Waals surface area (Å²) in [6.45, 7) is 2.94. The van der Waals surface area contributed by atoms with Gasteiger partial charge in [-0.2, -0.15) is 0 Å². The third-order valence-corrected chi connectivity index (χ3v) is 4.47. The van der Waals surface area contributed by atoms with Crippen LogP contribution in [0.3, 0.4) is 0 Å². The van der Waals surface area contributed by atoms with Crippen LogP contribution in [0.5, 0.6) is 0 Å². The van der Waals surface area contributed by atoms with Gasteiger partial charge in [-0.25, -0.2) is 0 Å². The highest BCUT2D eigenvalue weighted by Crippen LogP contribution is 2.14. The van der Waals surface area contributed by atoms with Crippen molar-refractivity contribution in [2.45, 2.75) is 20.0 Å². The highest BCUT2D eigenvalue weighted by molar-refractivity contribution is 7.13. The summed E-state index contributed by atoms with van der Waals surface area (Å²) in [6, 6.07) is 9.43. The van der Waals surface area contributed by atoms with Gasteiger partial charge >= 0.3 is 5.97 Å². The Morgan fingerprint density at radius 3 is 2.33 bits per heavy atom. The molecule has 0 fully saturated rings. The summed E-state index contributed by atoms with van der Waals surface area (Å²) in [4.78, 5) is 48.2. The maximum absolute atomic E-state index is 12.1. The largest absolute Gasteiger partial charge is 0.451 e. The van der Waals surface area contributed by atoms with Crippen LogP contribution in [-0.4, -0.2) is 36.3 Å². The topological polar surface area (TPSA) is 128 Å². The number of nitrogens with two attached hydrogens (primary N) is 1. The van der Waals surface area contributed by atoms with E-state index in [4.69, 9.17) is 10.5 Å². The standard InChI is InChI=1S/C18H19N3O5S/c1-10-3-8-14(27-10)18(25)20-9-15(22)26-11(2)17(24)21-13-6-4-12(5-7-13)16(19)23/h3-8,11H,9H2,1-2H3,(H2,19,23)(H,20,25)(H,21,24). The van der Waals surface area contributed by atoms with Crippen LogP contribution in [0.15, 0.2) is 36.4 Å². The Labute approximate surface area is 159 Å². The van der Waals surface area contributed by atoms with Crippen LogP contribution in [0.4, 0.5) is 5.69 Å². The van der Waals surface area contributed by atoms with E-state index in [1.807, 2.05) is 6.92 Å². The molecule has 1 unspecified atom stereocenters. The number of primary amides is 1. The third-order valence-electron chi connectivity index (χ3n) is 3.47. The van der Waals surface area contributed by atoms with Crippen molar-refractivity contribution >= 4 is 40.7 Å². The van der Waals surface area contributed by atoms with Gasteiger partial charge in [0.1, 0.15) is 6.54 Å².